The number of hydrogen-bond acceptors (Lipinski definition) is 4. The van der Waals surface area contributed by atoms with Crippen LogP contribution >= 0.6 is 28.3 Å². The van der Waals surface area contributed by atoms with Crippen LogP contribution < -0.4 is 20.9 Å². The quantitative estimate of drug-likeness (QED) is 0.739. The SMILES string of the molecule is COc1cc(Br)c([C@@H](N)CCCCN)cc1OC.Cl. The molecule has 0 amide bonds. The first-order chi connectivity index (χ1) is 8.63. The van der Waals surface area contributed by atoms with Crippen molar-refractivity contribution in [1.82, 2.24) is 0 Å². The first-order valence-corrected chi connectivity index (χ1v) is 6.80. The topological polar surface area (TPSA) is 70.5 Å². The van der Waals surface area contributed by atoms with Crippen molar-refractivity contribution in [1.29, 1.82) is 0 Å². The van der Waals surface area contributed by atoms with Gasteiger partial charge in [-0.1, -0.05) is 22.4 Å². The summed E-state index contributed by atoms with van der Waals surface area (Å²) in [4.78, 5) is 0. The Balaban J connectivity index is 0.00000324. The van der Waals surface area contributed by atoms with Crippen LogP contribution in [0.1, 0.15) is 30.9 Å². The minimum Gasteiger partial charge on any atom is -0.493 e. The van der Waals surface area contributed by atoms with Crippen LogP contribution in [-0.4, -0.2) is 20.8 Å². The third-order valence-corrected chi connectivity index (χ3v) is 3.56. The van der Waals surface area contributed by atoms with E-state index in [4.69, 9.17) is 20.9 Å². The second kappa shape index (κ2) is 9.42. The molecule has 0 aromatic heterocycles. The van der Waals surface area contributed by atoms with Crippen molar-refractivity contribution in [2.45, 2.75) is 25.3 Å². The number of halogens is 2. The molecule has 1 aromatic rings. The second-order valence-corrected chi connectivity index (χ2v) is 4.97. The largest absolute Gasteiger partial charge is 0.493 e. The van der Waals surface area contributed by atoms with Gasteiger partial charge in [0.1, 0.15) is 0 Å². The molecule has 0 aliphatic heterocycles. The van der Waals surface area contributed by atoms with Crippen LogP contribution in [0.5, 0.6) is 11.5 Å². The fraction of sp³-hybridized carbons (Fsp3) is 0.538. The first kappa shape index (κ1) is 18.5. The molecule has 0 heterocycles. The van der Waals surface area contributed by atoms with Crippen LogP contribution in [-0.2, 0) is 0 Å². The molecule has 4 N–H and O–H groups in total. The molecule has 0 bridgehead atoms. The van der Waals surface area contributed by atoms with Crippen molar-refractivity contribution in [3.63, 3.8) is 0 Å². The van der Waals surface area contributed by atoms with E-state index in [1.165, 1.54) is 0 Å². The maximum Gasteiger partial charge on any atom is 0.161 e. The monoisotopic (exact) mass is 352 g/mol. The summed E-state index contributed by atoms with van der Waals surface area (Å²) in [5.41, 5.74) is 12.7. The lowest BCUT2D eigenvalue weighted by atomic mass is 10.0. The Labute approximate surface area is 129 Å². The van der Waals surface area contributed by atoms with Crippen LogP contribution in [0.25, 0.3) is 0 Å². The zero-order chi connectivity index (χ0) is 13.5. The predicted molar refractivity (Wildman–Crippen MR) is 84.3 cm³/mol. The van der Waals surface area contributed by atoms with Crippen molar-refractivity contribution < 1.29 is 9.47 Å². The average molecular weight is 354 g/mol. The molecule has 19 heavy (non-hydrogen) atoms. The van der Waals surface area contributed by atoms with E-state index in [9.17, 15) is 0 Å². The van der Waals surface area contributed by atoms with Gasteiger partial charge >= 0.3 is 0 Å². The summed E-state index contributed by atoms with van der Waals surface area (Å²) in [6, 6.07) is 3.79. The molecular formula is C13H22BrClN2O2. The zero-order valence-corrected chi connectivity index (χ0v) is 13.7. The molecule has 1 aromatic carbocycles. The normalized spacial score (nSPS) is 11.6. The molecule has 0 saturated heterocycles. The molecule has 0 aliphatic carbocycles. The Bertz CT molecular complexity index is 391. The van der Waals surface area contributed by atoms with Gasteiger partial charge in [0.15, 0.2) is 11.5 Å². The van der Waals surface area contributed by atoms with Gasteiger partial charge in [0.25, 0.3) is 0 Å². The third kappa shape index (κ3) is 5.18. The highest BCUT2D eigenvalue weighted by Gasteiger charge is 2.14. The Hall–Kier alpha value is -0.490. The van der Waals surface area contributed by atoms with E-state index in [0.717, 1.165) is 29.3 Å². The Morgan fingerprint density at radius 3 is 2.26 bits per heavy atom. The van der Waals surface area contributed by atoms with E-state index in [1.807, 2.05) is 12.1 Å². The molecule has 6 heteroatoms. The van der Waals surface area contributed by atoms with E-state index >= 15 is 0 Å². The molecule has 0 spiro atoms. The standard InChI is InChI=1S/C13H21BrN2O2.ClH/c1-17-12-7-9(10(14)8-13(12)18-2)11(16)5-3-4-6-15;/h7-8,11H,3-6,15-16H2,1-2H3;1H/t11-;/m0./s1. The summed E-state index contributed by atoms with van der Waals surface area (Å²) < 4.78 is 11.5. The van der Waals surface area contributed by atoms with Gasteiger partial charge in [-0.15, -0.1) is 12.4 Å². The summed E-state index contributed by atoms with van der Waals surface area (Å²) >= 11 is 3.52. The molecular weight excluding hydrogens is 332 g/mol. The third-order valence-electron chi connectivity index (χ3n) is 2.87. The number of rotatable bonds is 7. The Morgan fingerprint density at radius 1 is 1.16 bits per heavy atom. The lowest BCUT2D eigenvalue weighted by Crippen LogP contribution is -2.12. The molecule has 0 saturated carbocycles. The lowest BCUT2D eigenvalue weighted by Gasteiger charge is -2.17. The minimum absolute atomic E-state index is 0. The van der Waals surface area contributed by atoms with Crippen LogP contribution in [0.15, 0.2) is 16.6 Å². The van der Waals surface area contributed by atoms with E-state index in [1.54, 1.807) is 14.2 Å². The van der Waals surface area contributed by atoms with E-state index in [2.05, 4.69) is 15.9 Å². The fourth-order valence-electron chi connectivity index (χ4n) is 1.82. The number of benzene rings is 1. The van der Waals surface area contributed by atoms with Crippen molar-refractivity contribution in [3.8, 4) is 11.5 Å². The molecule has 110 valence electrons. The molecule has 0 unspecified atom stereocenters. The molecule has 0 aliphatic rings. The number of unbranched alkanes of at least 4 members (excludes halogenated alkanes) is 1. The van der Waals surface area contributed by atoms with Gasteiger partial charge in [-0.25, -0.2) is 0 Å². The lowest BCUT2D eigenvalue weighted by molar-refractivity contribution is 0.353. The maximum atomic E-state index is 6.18. The molecule has 0 radical (unpaired) electrons. The minimum atomic E-state index is -0.0225. The molecule has 0 fully saturated rings. The van der Waals surface area contributed by atoms with Gasteiger partial charge in [0.05, 0.1) is 14.2 Å². The molecule has 1 rings (SSSR count). The summed E-state index contributed by atoms with van der Waals surface area (Å²) in [7, 11) is 3.24. The Kier molecular flexibility index (Phi) is 9.18. The zero-order valence-electron chi connectivity index (χ0n) is 11.3. The van der Waals surface area contributed by atoms with Crippen molar-refractivity contribution in [3.05, 3.63) is 22.2 Å². The molecule has 1 atom stereocenters. The summed E-state index contributed by atoms with van der Waals surface area (Å²) in [5, 5.41) is 0. The fourth-order valence-corrected chi connectivity index (χ4v) is 2.43. The van der Waals surface area contributed by atoms with E-state index < -0.39 is 0 Å². The Morgan fingerprint density at radius 2 is 1.74 bits per heavy atom. The number of nitrogens with two attached hydrogens (primary N) is 2. The van der Waals surface area contributed by atoms with E-state index in [0.29, 0.717) is 18.0 Å². The van der Waals surface area contributed by atoms with Gasteiger partial charge in [-0.05, 0) is 37.1 Å². The van der Waals surface area contributed by atoms with Gasteiger partial charge < -0.3 is 20.9 Å². The summed E-state index contributed by atoms with van der Waals surface area (Å²) in [6.45, 7) is 0.708. The first-order valence-electron chi connectivity index (χ1n) is 6.01. The van der Waals surface area contributed by atoms with Gasteiger partial charge in [-0.2, -0.15) is 0 Å². The maximum absolute atomic E-state index is 6.18. The number of hydrogen-bond donors (Lipinski definition) is 2. The van der Waals surface area contributed by atoms with Crippen LogP contribution in [0, 0.1) is 0 Å². The van der Waals surface area contributed by atoms with Gasteiger partial charge in [0.2, 0.25) is 0 Å². The van der Waals surface area contributed by atoms with Gasteiger partial charge in [-0.3, -0.25) is 0 Å². The predicted octanol–water partition coefficient (Wildman–Crippen LogP) is 3.02. The highest BCUT2D eigenvalue weighted by molar-refractivity contribution is 9.10. The van der Waals surface area contributed by atoms with Gasteiger partial charge in [0, 0.05) is 10.5 Å². The summed E-state index contributed by atoms with van der Waals surface area (Å²) in [5.74, 6) is 1.40. The highest BCUT2D eigenvalue weighted by atomic mass is 79.9. The van der Waals surface area contributed by atoms with Crippen molar-refractivity contribution in [2.75, 3.05) is 20.8 Å². The van der Waals surface area contributed by atoms with E-state index in [-0.39, 0.29) is 18.4 Å². The smallest absolute Gasteiger partial charge is 0.161 e. The highest BCUT2D eigenvalue weighted by Crippen LogP contribution is 2.36. The number of ether oxygens (including phenoxy) is 2. The van der Waals surface area contributed by atoms with Crippen molar-refractivity contribution >= 4 is 28.3 Å². The van der Waals surface area contributed by atoms with Crippen LogP contribution in [0.4, 0.5) is 0 Å². The summed E-state index contributed by atoms with van der Waals surface area (Å²) in [6.07, 6.45) is 2.93. The number of methoxy groups -OCH3 is 2. The van der Waals surface area contributed by atoms with Crippen LogP contribution in [0.3, 0.4) is 0 Å². The second-order valence-electron chi connectivity index (χ2n) is 4.12. The molecule has 4 nitrogen and oxygen atoms in total. The average Bonchev–Trinajstić information content (AvgIpc) is 2.38. The van der Waals surface area contributed by atoms with Crippen molar-refractivity contribution in [2.24, 2.45) is 11.5 Å². The van der Waals surface area contributed by atoms with Crippen LogP contribution in [0.2, 0.25) is 0 Å².